The molecule has 0 saturated heterocycles. The summed E-state index contributed by atoms with van der Waals surface area (Å²) in [4.78, 5) is 18.4. The predicted octanol–water partition coefficient (Wildman–Crippen LogP) is 1.68. The molecule has 1 rings (SSSR count). The highest BCUT2D eigenvalue weighted by Gasteiger charge is 2.30. The van der Waals surface area contributed by atoms with Gasteiger partial charge in [-0.1, -0.05) is 0 Å². The number of hydrogen-bond acceptors (Lipinski definition) is 4. The summed E-state index contributed by atoms with van der Waals surface area (Å²) in [6, 6.07) is 0. The highest BCUT2D eigenvalue weighted by Crippen LogP contribution is 2.21. The van der Waals surface area contributed by atoms with Gasteiger partial charge in [0.1, 0.15) is 0 Å². The molecule has 0 saturated carbocycles. The summed E-state index contributed by atoms with van der Waals surface area (Å²) in [5.41, 5.74) is -0.712. The van der Waals surface area contributed by atoms with Gasteiger partial charge in [-0.15, -0.1) is 0 Å². The van der Waals surface area contributed by atoms with Crippen LogP contribution < -0.4 is 4.74 Å². The van der Waals surface area contributed by atoms with Crippen molar-refractivity contribution in [3.63, 3.8) is 0 Å². The molecular formula is C9H11ClN2O3. The van der Waals surface area contributed by atoms with Gasteiger partial charge in [0.05, 0.1) is 0 Å². The van der Waals surface area contributed by atoms with Crippen LogP contribution in [-0.2, 0) is 4.79 Å². The Kier molecular flexibility index (Phi) is 3.14. The zero-order valence-electron chi connectivity index (χ0n) is 8.61. The van der Waals surface area contributed by atoms with E-state index in [1.165, 1.54) is 20.0 Å². The van der Waals surface area contributed by atoms with E-state index in [9.17, 15) is 4.79 Å². The number of carboxylic acid groups (broad SMARTS) is 1. The molecular weight excluding hydrogens is 220 g/mol. The van der Waals surface area contributed by atoms with Gasteiger partial charge in [0.15, 0.2) is 0 Å². The van der Waals surface area contributed by atoms with Crippen molar-refractivity contribution in [2.75, 3.05) is 0 Å². The summed E-state index contributed by atoms with van der Waals surface area (Å²) >= 11 is 5.58. The summed E-state index contributed by atoms with van der Waals surface area (Å²) in [5, 5.41) is 8.89. The Hall–Kier alpha value is -1.36. The Bertz CT molecular complexity index is 393. The number of ether oxygens (including phenoxy) is 1. The molecule has 6 heteroatoms. The van der Waals surface area contributed by atoms with Crippen LogP contribution in [-0.4, -0.2) is 26.6 Å². The summed E-state index contributed by atoms with van der Waals surface area (Å²) in [6.07, 6.45) is 1.47. The lowest BCUT2D eigenvalue weighted by molar-refractivity contribution is -0.152. The van der Waals surface area contributed by atoms with E-state index in [-0.39, 0.29) is 11.2 Å². The molecule has 1 heterocycles. The molecule has 0 aromatic carbocycles. The van der Waals surface area contributed by atoms with Gasteiger partial charge in [-0.05, 0) is 32.4 Å². The molecule has 0 bridgehead atoms. The molecule has 0 aliphatic heterocycles. The van der Waals surface area contributed by atoms with Crippen LogP contribution in [0.1, 0.15) is 19.4 Å². The minimum atomic E-state index is -1.34. The molecule has 0 aliphatic rings. The lowest BCUT2D eigenvalue weighted by Gasteiger charge is -2.21. The molecule has 1 aromatic heterocycles. The maximum absolute atomic E-state index is 10.8. The van der Waals surface area contributed by atoms with E-state index < -0.39 is 11.6 Å². The SMILES string of the molecule is Cc1cnc(Cl)nc1OC(C)(C)C(=O)O. The van der Waals surface area contributed by atoms with Crippen molar-refractivity contribution >= 4 is 17.6 Å². The number of aromatic nitrogens is 2. The van der Waals surface area contributed by atoms with Crippen LogP contribution in [0.4, 0.5) is 0 Å². The monoisotopic (exact) mass is 230 g/mol. The van der Waals surface area contributed by atoms with E-state index >= 15 is 0 Å². The fourth-order valence-electron chi connectivity index (χ4n) is 0.795. The van der Waals surface area contributed by atoms with E-state index in [1.54, 1.807) is 6.92 Å². The van der Waals surface area contributed by atoms with Crippen molar-refractivity contribution < 1.29 is 14.6 Å². The number of halogens is 1. The van der Waals surface area contributed by atoms with Crippen LogP contribution in [0.15, 0.2) is 6.20 Å². The molecule has 82 valence electrons. The zero-order valence-corrected chi connectivity index (χ0v) is 9.37. The van der Waals surface area contributed by atoms with Gasteiger partial charge in [0, 0.05) is 11.8 Å². The molecule has 0 atom stereocenters. The van der Waals surface area contributed by atoms with E-state index in [1.807, 2.05) is 0 Å². The second kappa shape index (κ2) is 4.02. The summed E-state index contributed by atoms with van der Waals surface area (Å²) in [5.74, 6) is -0.890. The van der Waals surface area contributed by atoms with Crippen LogP contribution in [0.25, 0.3) is 0 Å². The maximum atomic E-state index is 10.8. The van der Waals surface area contributed by atoms with Gasteiger partial charge in [0.25, 0.3) is 0 Å². The molecule has 0 amide bonds. The Morgan fingerprint density at radius 3 is 2.73 bits per heavy atom. The molecule has 0 radical (unpaired) electrons. The normalized spacial score (nSPS) is 11.2. The Balaban J connectivity index is 2.99. The fraction of sp³-hybridized carbons (Fsp3) is 0.444. The minimum absolute atomic E-state index is 0.0248. The first-order valence-corrected chi connectivity index (χ1v) is 4.62. The topological polar surface area (TPSA) is 72.3 Å². The van der Waals surface area contributed by atoms with Crippen molar-refractivity contribution in [1.82, 2.24) is 9.97 Å². The molecule has 15 heavy (non-hydrogen) atoms. The van der Waals surface area contributed by atoms with Gasteiger partial charge >= 0.3 is 5.97 Å². The summed E-state index contributed by atoms with van der Waals surface area (Å²) in [6.45, 7) is 4.58. The quantitative estimate of drug-likeness (QED) is 0.800. The number of carbonyl (C=O) groups is 1. The average Bonchev–Trinajstić information content (AvgIpc) is 2.10. The van der Waals surface area contributed by atoms with E-state index in [2.05, 4.69) is 9.97 Å². The minimum Gasteiger partial charge on any atom is -0.478 e. The predicted molar refractivity (Wildman–Crippen MR) is 54.1 cm³/mol. The number of aliphatic carboxylic acids is 1. The highest BCUT2D eigenvalue weighted by atomic mass is 35.5. The van der Waals surface area contributed by atoms with Gasteiger partial charge in [-0.3, -0.25) is 0 Å². The van der Waals surface area contributed by atoms with Crippen LogP contribution in [0.3, 0.4) is 0 Å². The maximum Gasteiger partial charge on any atom is 0.347 e. The molecule has 5 nitrogen and oxygen atoms in total. The standard InChI is InChI=1S/C9H11ClN2O3/c1-5-4-11-8(10)12-6(5)15-9(2,3)7(13)14/h4H,1-3H3,(H,13,14). The molecule has 1 aromatic rings. The van der Waals surface area contributed by atoms with Crippen LogP contribution in [0.5, 0.6) is 5.88 Å². The lowest BCUT2D eigenvalue weighted by atomic mass is 10.1. The summed E-state index contributed by atoms with van der Waals surface area (Å²) in [7, 11) is 0. The molecule has 1 N–H and O–H groups in total. The van der Waals surface area contributed by atoms with Gasteiger partial charge < -0.3 is 9.84 Å². The zero-order chi connectivity index (χ0) is 11.6. The first-order chi connectivity index (χ1) is 6.83. The van der Waals surface area contributed by atoms with E-state index in [0.29, 0.717) is 5.56 Å². The summed E-state index contributed by atoms with van der Waals surface area (Å²) < 4.78 is 5.24. The molecule has 0 aliphatic carbocycles. The van der Waals surface area contributed by atoms with Crippen LogP contribution in [0.2, 0.25) is 5.28 Å². The molecule has 0 fully saturated rings. The second-order valence-electron chi connectivity index (χ2n) is 3.54. The van der Waals surface area contributed by atoms with Crippen molar-refractivity contribution in [2.45, 2.75) is 26.4 Å². The van der Waals surface area contributed by atoms with Crippen LogP contribution in [0, 0.1) is 6.92 Å². The third-order valence-electron chi connectivity index (χ3n) is 1.76. The first kappa shape index (κ1) is 11.7. The lowest BCUT2D eigenvalue weighted by Crippen LogP contribution is -2.38. The smallest absolute Gasteiger partial charge is 0.347 e. The van der Waals surface area contributed by atoms with Gasteiger partial charge in [0.2, 0.25) is 16.8 Å². The van der Waals surface area contributed by atoms with Crippen molar-refractivity contribution in [3.05, 3.63) is 17.0 Å². The number of rotatable bonds is 3. The molecule has 0 unspecified atom stereocenters. The molecule has 0 spiro atoms. The Labute approximate surface area is 92.1 Å². The number of hydrogen-bond donors (Lipinski definition) is 1. The van der Waals surface area contributed by atoms with Gasteiger partial charge in [-0.2, -0.15) is 4.98 Å². The first-order valence-electron chi connectivity index (χ1n) is 4.24. The number of carboxylic acids is 1. The van der Waals surface area contributed by atoms with Crippen molar-refractivity contribution in [3.8, 4) is 5.88 Å². The average molecular weight is 231 g/mol. The number of nitrogens with zero attached hydrogens (tertiary/aromatic N) is 2. The highest BCUT2D eigenvalue weighted by molar-refractivity contribution is 6.28. The third-order valence-corrected chi connectivity index (χ3v) is 1.94. The Morgan fingerprint density at radius 1 is 1.60 bits per heavy atom. The number of aryl methyl sites for hydroxylation is 1. The van der Waals surface area contributed by atoms with E-state index in [4.69, 9.17) is 21.4 Å². The third kappa shape index (κ3) is 2.79. The second-order valence-corrected chi connectivity index (χ2v) is 3.88. The van der Waals surface area contributed by atoms with Crippen molar-refractivity contribution in [1.29, 1.82) is 0 Å². The van der Waals surface area contributed by atoms with E-state index in [0.717, 1.165) is 0 Å². The van der Waals surface area contributed by atoms with Gasteiger partial charge in [-0.25, -0.2) is 9.78 Å². The Morgan fingerprint density at radius 2 is 2.20 bits per heavy atom. The largest absolute Gasteiger partial charge is 0.478 e. The fourth-order valence-corrected chi connectivity index (χ4v) is 0.920. The van der Waals surface area contributed by atoms with Crippen molar-refractivity contribution in [2.24, 2.45) is 0 Å². The van der Waals surface area contributed by atoms with Crippen LogP contribution >= 0.6 is 11.6 Å².